The molecule has 0 radical (unpaired) electrons. The molecular formula is AlO2Sr+. The van der Waals surface area contributed by atoms with E-state index in [0.29, 0.717) is 0 Å². The summed E-state index contributed by atoms with van der Waals surface area (Å²) in [6.07, 6.45) is 0. The van der Waals surface area contributed by atoms with Gasteiger partial charge >= 0.3 is 62.8 Å². The van der Waals surface area contributed by atoms with Crippen molar-refractivity contribution in [1.29, 1.82) is 0 Å². The predicted molar refractivity (Wildman–Crippen MR) is 12.9 cm³/mol. The van der Waals surface area contributed by atoms with Gasteiger partial charge in [-0.05, 0) is 0 Å². The van der Waals surface area contributed by atoms with Crippen LogP contribution in [0.4, 0.5) is 0 Å². The molecular weight excluding hydrogens is 147 g/mol. The van der Waals surface area contributed by atoms with Gasteiger partial charge in [-0.1, -0.05) is 0 Å². The van der Waals surface area contributed by atoms with E-state index in [2.05, 4.69) is 0 Å². The van der Waals surface area contributed by atoms with Crippen LogP contribution in [-0.2, 0) is 11.0 Å². The summed E-state index contributed by atoms with van der Waals surface area (Å²) in [5, 5.41) is 0. The molecule has 0 unspecified atom stereocenters. The van der Waals surface area contributed by atoms with E-state index in [-0.39, 0.29) is 73.8 Å². The van der Waals surface area contributed by atoms with Crippen molar-refractivity contribution in [3.63, 3.8) is 0 Å². The minimum Gasteiger partial charge on any atom is -2.00 e. The summed E-state index contributed by atoms with van der Waals surface area (Å²) in [6.45, 7) is 0. The number of rotatable bonds is 0. The van der Waals surface area contributed by atoms with Gasteiger partial charge in [0.25, 0.3) is 0 Å². The Kier molecular flexibility index (Phi) is 197. The first-order valence-electron chi connectivity index (χ1n) is 0. The van der Waals surface area contributed by atoms with Crippen LogP contribution in [0.15, 0.2) is 0 Å². The largest absolute Gasteiger partial charge is 3.00 e. The fraction of sp³-hybridized carbons (Fsp3) is 0. The zero-order valence-corrected chi connectivity index (χ0v) is 6.73. The molecule has 0 heterocycles. The topological polar surface area (TPSA) is 57.0 Å². The van der Waals surface area contributed by atoms with Crippen LogP contribution in [0.25, 0.3) is 0 Å². The molecule has 0 saturated heterocycles. The third-order valence-corrected chi connectivity index (χ3v) is 0. The number of hydrogen-bond acceptors (Lipinski definition) is 0. The van der Waals surface area contributed by atoms with Crippen LogP contribution < -0.4 is 0 Å². The molecule has 0 aromatic rings. The summed E-state index contributed by atoms with van der Waals surface area (Å²) in [6, 6.07) is 0. The van der Waals surface area contributed by atoms with Gasteiger partial charge in [0.15, 0.2) is 0 Å². The molecule has 0 aromatic carbocycles. The van der Waals surface area contributed by atoms with Gasteiger partial charge in [-0.25, -0.2) is 0 Å². The van der Waals surface area contributed by atoms with Gasteiger partial charge in [-0.15, -0.1) is 0 Å². The Morgan fingerprint density at radius 3 is 0.750 bits per heavy atom. The van der Waals surface area contributed by atoms with Crippen LogP contribution in [0.2, 0.25) is 0 Å². The van der Waals surface area contributed by atoms with Crippen LogP contribution in [0.5, 0.6) is 0 Å². The van der Waals surface area contributed by atoms with E-state index in [1.165, 1.54) is 0 Å². The van der Waals surface area contributed by atoms with Gasteiger partial charge in [0.1, 0.15) is 0 Å². The molecule has 0 spiro atoms. The SMILES string of the molecule is [Al+3].[O-2].[O-2].[Sr+2]. The van der Waals surface area contributed by atoms with Crippen LogP contribution in [0.3, 0.4) is 0 Å². The standard InChI is InChI=1S/Al.2O.Sr/q+3;2*-2;+2. The molecule has 4 heteroatoms. The molecule has 0 bridgehead atoms. The molecule has 0 saturated carbocycles. The van der Waals surface area contributed by atoms with E-state index in [1.54, 1.807) is 0 Å². The van der Waals surface area contributed by atoms with E-state index < -0.39 is 0 Å². The van der Waals surface area contributed by atoms with Gasteiger partial charge in [0.05, 0.1) is 0 Å². The molecule has 0 amide bonds. The van der Waals surface area contributed by atoms with Crippen molar-refractivity contribution in [2.24, 2.45) is 0 Å². The van der Waals surface area contributed by atoms with Gasteiger partial charge in [0, 0.05) is 0 Å². The third-order valence-electron chi connectivity index (χ3n) is 0. The second-order valence-corrected chi connectivity index (χ2v) is 0. The quantitative estimate of drug-likeness (QED) is 0.394. The summed E-state index contributed by atoms with van der Waals surface area (Å²) in [5.74, 6) is 0. The maximum Gasteiger partial charge on any atom is 3.00 e. The zero-order chi connectivity index (χ0) is 0. The average Bonchev–Trinajstić information content (AvgIpc) is 0. The zero-order valence-electron chi connectivity index (χ0n) is 2.10. The molecule has 2 nitrogen and oxygen atoms in total. The van der Waals surface area contributed by atoms with Crippen LogP contribution >= 0.6 is 0 Å². The predicted octanol–water partition coefficient (Wildman–Crippen LogP) is -0.999. The van der Waals surface area contributed by atoms with Gasteiger partial charge in [-0.2, -0.15) is 0 Å². The molecule has 0 aliphatic rings. The first-order chi connectivity index (χ1) is 0. The average molecular weight is 147 g/mol. The van der Waals surface area contributed by atoms with E-state index in [1.807, 2.05) is 0 Å². The van der Waals surface area contributed by atoms with Gasteiger partial charge < -0.3 is 11.0 Å². The summed E-state index contributed by atoms with van der Waals surface area (Å²) in [7, 11) is 0. The van der Waals surface area contributed by atoms with Crippen molar-refractivity contribution in [2.45, 2.75) is 0 Å². The van der Waals surface area contributed by atoms with E-state index in [9.17, 15) is 0 Å². The van der Waals surface area contributed by atoms with E-state index >= 15 is 0 Å². The van der Waals surface area contributed by atoms with Gasteiger partial charge in [-0.3, -0.25) is 0 Å². The van der Waals surface area contributed by atoms with Crippen LogP contribution in [0, 0.1) is 0 Å². The third kappa shape index (κ3) is 9.05. The molecule has 0 aliphatic heterocycles. The second kappa shape index (κ2) is 20.4. The van der Waals surface area contributed by atoms with Crippen LogP contribution in [-0.4, -0.2) is 62.8 Å². The molecule has 0 N–H and O–H groups in total. The summed E-state index contributed by atoms with van der Waals surface area (Å²) < 4.78 is 0. The molecule has 0 aliphatic carbocycles. The molecule has 16 valence electrons. The molecule has 0 aromatic heterocycles. The summed E-state index contributed by atoms with van der Waals surface area (Å²) in [5.41, 5.74) is 0. The normalized spacial score (nSPS) is 0. The second-order valence-electron chi connectivity index (χ2n) is 0. The maximum absolute atomic E-state index is 0. The van der Waals surface area contributed by atoms with Crippen molar-refractivity contribution in [3.05, 3.63) is 0 Å². The maximum atomic E-state index is 0. The molecule has 4 heavy (non-hydrogen) atoms. The van der Waals surface area contributed by atoms with Gasteiger partial charge in [0.2, 0.25) is 0 Å². The Hall–Kier alpha value is 1.93. The number of hydrogen-bond donors (Lipinski definition) is 0. The summed E-state index contributed by atoms with van der Waals surface area (Å²) in [4.78, 5) is 0. The van der Waals surface area contributed by atoms with Crippen molar-refractivity contribution in [2.75, 3.05) is 0 Å². The first kappa shape index (κ1) is 38.6. The van der Waals surface area contributed by atoms with Crippen molar-refractivity contribution < 1.29 is 11.0 Å². The van der Waals surface area contributed by atoms with E-state index in [4.69, 9.17) is 0 Å². The Morgan fingerprint density at radius 1 is 0.750 bits per heavy atom. The van der Waals surface area contributed by atoms with Crippen molar-refractivity contribution in [1.82, 2.24) is 0 Å². The first-order valence-corrected chi connectivity index (χ1v) is 0. The Bertz CT molecular complexity index is 6.00. The monoisotopic (exact) mass is 147 g/mol. The Labute approximate surface area is 72.6 Å². The minimum atomic E-state index is 0. The Morgan fingerprint density at radius 2 is 0.750 bits per heavy atom. The fourth-order valence-electron chi connectivity index (χ4n) is 0. The minimum absolute atomic E-state index is 0. The van der Waals surface area contributed by atoms with Crippen molar-refractivity contribution >= 4 is 62.8 Å². The molecule has 0 rings (SSSR count). The summed E-state index contributed by atoms with van der Waals surface area (Å²) >= 11 is 0. The van der Waals surface area contributed by atoms with E-state index in [0.717, 1.165) is 0 Å². The molecule has 0 fully saturated rings. The Balaban J connectivity index is 0. The fourth-order valence-corrected chi connectivity index (χ4v) is 0. The smallest absolute Gasteiger partial charge is 2.00 e. The van der Waals surface area contributed by atoms with Crippen LogP contribution in [0.1, 0.15) is 0 Å². The van der Waals surface area contributed by atoms with Crippen molar-refractivity contribution in [3.8, 4) is 0 Å². The molecule has 0 atom stereocenters.